The average molecular weight is 231 g/mol. The van der Waals surface area contributed by atoms with Gasteiger partial charge in [-0.05, 0) is 25.0 Å². The highest BCUT2D eigenvalue weighted by Crippen LogP contribution is 2.24. The van der Waals surface area contributed by atoms with Crippen LogP contribution in [0.25, 0.3) is 0 Å². The maximum atomic E-state index is 11.9. The molecular formula is C15H21NO. The van der Waals surface area contributed by atoms with Gasteiger partial charge in [0.15, 0.2) is 5.78 Å². The lowest BCUT2D eigenvalue weighted by Crippen LogP contribution is -2.25. The van der Waals surface area contributed by atoms with Gasteiger partial charge in [-0.3, -0.25) is 4.79 Å². The van der Waals surface area contributed by atoms with Crippen molar-refractivity contribution in [1.82, 2.24) is 0 Å². The standard InChI is InChI=1S/C15H21NO/c1-2-15(17)13-9-5-6-10-14(13)16-11-7-3-4-8-12-16/h5-6,9-10H,2-4,7-8,11-12H2,1H3. The molecule has 0 amide bonds. The Balaban J connectivity index is 2.26. The van der Waals surface area contributed by atoms with Gasteiger partial charge in [0.25, 0.3) is 0 Å². The van der Waals surface area contributed by atoms with E-state index in [2.05, 4.69) is 11.0 Å². The number of benzene rings is 1. The van der Waals surface area contributed by atoms with Crippen molar-refractivity contribution in [3.63, 3.8) is 0 Å². The Hall–Kier alpha value is -1.31. The number of para-hydroxylation sites is 1. The van der Waals surface area contributed by atoms with Crippen LogP contribution in [0.5, 0.6) is 0 Å². The number of carbonyl (C=O) groups excluding carboxylic acids is 1. The molecule has 0 bridgehead atoms. The van der Waals surface area contributed by atoms with E-state index in [9.17, 15) is 4.79 Å². The van der Waals surface area contributed by atoms with E-state index in [1.54, 1.807) is 0 Å². The molecule has 1 aliphatic heterocycles. The van der Waals surface area contributed by atoms with Crippen LogP contribution in [0.1, 0.15) is 49.4 Å². The van der Waals surface area contributed by atoms with E-state index in [4.69, 9.17) is 0 Å². The summed E-state index contributed by atoms with van der Waals surface area (Å²) < 4.78 is 0. The number of Topliss-reactive ketones (excluding diaryl/α,β-unsaturated/α-hetero) is 1. The van der Waals surface area contributed by atoms with E-state index < -0.39 is 0 Å². The first-order valence-corrected chi connectivity index (χ1v) is 6.70. The number of anilines is 1. The van der Waals surface area contributed by atoms with Crippen LogP contribution in [-0.2, 0) is 0 Å². The molecule has 0 aliphatic carbocycles. The number of rotatable bonds is 3. The van der Waals surface area contributed by atoms with Crippen LogP contribution < -0.4 is 4.90 Å². The molecule has 2 rings (SSSR count). The highest BCUT2D eigenvalue weighted by atomic mass is 16.1. The summed E-state index contributed by atoms with van der Waals surface area (Å²) in [6.45, 7) is 4.11. The van der Waals surface area contributed by atoms with Crippen molar-refractivity contribution in [2.45, 2.75) is 39.0 Å². The van der Waals surface area contributed by atoms with Gasteiger partial charge in [-0.25, -0.2) is 0 Å². The van der Waals surface area contributed by atoms with Crippen molar-refractivity contribution in [3.05, 3.63) is 29.8 Å². The van der Waals surface area contributed by atoms with Crippen molar-refractivity contribution in [3.8, 4) is 0 Å². The van der Waals surface area contributed by atoms with Gasteiger partial charge in [-0.15, -0.1) is 0 Å². The second kappa shape index (κ2) is 5.85. The minimum absolute atomic E-state index is 0.254. The molecule has 0 radical (unpaired) electrons. The van der Waals surface area contributed by atoms with E-state index >= 15 is 0 Å². The van der Waals surface area contributed by atoms with Crippen molar-refractivity contribution in [2.75, 3.05) is 18.0 Å². The molecule has 1 saturated heterocycles. The zero-order chi connectivity index (χ0) is 12.1. The van der Waals surface area contributed by atoms with Crippen LogP contribution in [0.15, 0.2) is 24.3 Å². The third kappa shape index (κ3) is 2.87. The number of nitrogens with zero attached hydrogens (tertiary/aromatic N) is 1. The molecule has 1 fully saturated rings. The molecule has 1 aromatic rings. The largest absolute Gasteiger partial charge is 0.371 e. The molecule has 2 nitrogen and oxygen atoms in total. The molecule has 0 spiro atoms. The molecular weight excluding hydrogens is 210 g/mol. The zero-order valence-electron chi connectivity index (χ0n) is 10.6. The molecule has 92 valence electrons. The lowest BCUT2D eigenvalue weighted by molar-refractivity contribution is 0.0988. The minimum Gasteiger partial charge on any atom is -0.371 e. The average Bonchev–Trinajstić information content (AvgIpc) is 2.66. The maximum absolute atomic E-state index is 11.9. The molecule has 0 saturated carbocycles. The Morgan fingerprint density at radius 1 is 1.12 bits per heavy atom. The first-order chi connectivity index (χ1) is 8.33. The van der Waals surface area contributed by atoms with E-state index in [1.807, 2.05) is 25.1 Å². The summed E-state index contributed by atoms with van der Waals surface area (Å²) in [6.07, 6.45) is 5.72. The molecule has 0 unspecified atom stereocenters. The smallest absolute Gasteiger partial charge is 0.164 e. The van der Waals surface area contributed by atoms with Gasteiger partial charge < -0.3 is 4.90 Å². The highest BCUT2D eigenvalue weighted by Gasteiger charge is 2.16. The Labute approximate surface area is 104 Å². The third-order valence-electron chi connectivity index (χ3n) is 3.47. The van der Waals surface area contributed by atoms with Gasteiger partial charge in [0, 0.05) is 30.8 Å². The van der Waals surface area contributed by atoms with Crippen LogP contribution in [0.2, 0.25) is 0 Å². The van der Waals surface area contributed by atoms with Crippen molar-refractivity contribution in [1.29, 1.82) is 0 Å². The van der Waals surface area contributed by atoms with Gasteiger partial charge in [0.05, 0.1) is 0 Å². The van der Waals surface area contributed by atoms with Gasteiger partial charge in [-0.2, -0.15) is 0 Å². The number of hydrogen-bond acceptors (Lipinski definition) is 2. The molecule has 0 aromatic heterocycles. The van der Waals surface area contributed by atoms with Crippen LogP contribution in [0, 0.1) is 0 Å². The Kier molecular flexibility index (Phi) is 4.18. The summed E-state index contributed by atoms with van der Waals surface area (Å²) in [4.78, 5) is 14.3. The predicted molar refractivity (Wildman–Crippen MR) is 71.7 cm³/mol. The summed E-state index contributed by atoms with van der Waals surface area (Å²) in [7, 11) is 0. The molecule has 1 heterocycles. The molecule has 1 aliphatic rings. The lowest BCUT2D eigenvalue weighted by Gasteiger charge is -2.24. The zero-order valence-corrected chi connectivity index (χ0v) is 10.6. The van der Waals surface area contributed by atoms with Gasteiger partial charge in [0.2, 0.25) is 0 Å². The molecule has 0 N–H and O–H groups in total. The Morgan fingerprint density at radius 2 is 1.76 bits per heavy atom. The topological polar surface area (TPSA) is 20.3 Å². The quantitative estimate of drug-likeness (QED) is 0.740. The van der Waals surface area contributed by atoms with Crippen LogP contribution in [0.4, 0.5) is 5.69 Å². The molecule has 17 heavy (non-hydrogen) atoms. The van der Waals surface area contributed by atoms with Gasteiger partial charge >= 0.3 is 0 Å². The van der Waals surface area contributed by atoms with Crippen molar-refractivity contribution >= 4 is 11.5 Å². The lowest BCUT2D eigenvalue weighted by atomic mass is 10.1. The third-order valence-corrected chi connectivity index (χ3v) is 3.47. The van der Waals surface area contributed by atoms with Crippen molar-refractivity contribution in [2.24, 2.45) is 0 Å². The predicted octanol–water partition coefficient (Wildman–Crippen LogP) is 3.66. The van der Waals surface area contributed by atoms with E-state index in [-0.39, 0.29) is 5.78 Å². The summed E-state index contributed by atoms with van der Waals surface area (Å²) in [5, 5.41) is 0. The summed E-state index contributed by atoms with van der Waals surface area (Å²) in [5.41, 5.74) is 2.04. The molecule has 2 heteroatoms. The second-order valence-corrected chi connectivity index (χ2v) is 4.70. The summed E-state index contributed by atoms with van der Waals surface area (Å²) in [6, 6.07) is 8.05. The van der Waals surface area contributed by atoms with E-state index in [0.29, 0.717) is 6.42 Å². The van der Waals surface area contributed by atoms with Crippen LogP contribution in [0.3, 0.4) is 0 Å². The van der Waals surface area contributed by atoms with Gasteiger partial charge in [-0.1, -0.05) is 31.9 Å². The normalized spacial score (nSPS) is 16.6. The summed E-state index contributed by atoms with van der Waals surface area (Å²) >= 11 is 0. The molecule has 1 aromatic carbocycles. The number of carbonyl (C=O) groups is 1. The monoisotopic (exact) mass is 231 g/mol. The van der Waals surface area contributed by atoms with E-state index in [1.165, 1.54) is 25.7 Å². The fourth-order valence-electron chi connectivity index (χ4n) is 2.49. The minimum atomic E-state index is 0.254. The fourth-order valence-corrected chi connectivity index (χ4v) is 2.49. The number of hydrogen-bond donors (Lipinski definition) is 0. The molecule has 0 atom stereocenters. The van der Waals surface area contributed by atoms with Crippen molar-refractivity contribution < 1.29 is 4.79 Å². The van der Waals surface area contributed by atoms with Crippen LogP contribution >= 0.6 is 0 Å². The Bertz CT molecular complexity index is 378. The van der Waals surface area contributed by atoms with E-state index in [0.717, 1.165) is 24.3 Å². The van der Waals surface area contributed by atoms with Crippen LogP contribution in [-0.4, -0.2) is 18.9 Å². The highest BCUT2D eigenvalue weighted by molar-refractivity contribution is 6.01. The second-order valence-electron chi connectivity index (χ2n) is 4.70. The maximum Gasteiger partial charge on any atom is 0.164 e. The first-order valence-electron chi connectivity index (χ1n) is 6.70. The van der Waals surface area contributed by atoms with Gasteiger partial charge in [0.1, 0.15) is 0 Å². The number of ketones is 1. The Morgan fingerprint density at radius 3 is 2.41 bits per heavy atom. The summed E-state index contributed by atoms with van der Waals surface area (Å²) in [5.74, 6) is 0.254. The first kappa shape index (κ1) is 12.2. The fraction of sp³-hybridized carbons (Fsp3) is 0.533. The SMILES string of the molecule is CCC(=O)c1ccccc1N1CCCCCC1.